The molecule has 232 valence electrons. The summed E-state index contributed by atoms with van der Waals surface area (Å²) < 4.78 is 22.2. The quantitative estimate of drug-likeness (QED) is 0.0775. The first-order valence-corrected chi connectivity index (χ1v) is 15.8. The van der Waals surface area contributed by atoms with Gasteiger partial charge in [0.05, 0.1) is 22.0 Å². The van der Waals surface area contributed by atoms with Crippen LogP contribution in [-0.4, -0.2) is 29.6 Å². The summed E-state index contributed by atoms with van der Waals surface area (Å²) >= 11 is 13.4. The molecule has 4 aromatic rings. The van der Waals surface area contributed by atoms with Gasteiger partial charge in [0.1, 0.15) is 5.75 Å². The minimum atomic E-state index is -0.821. The fourth-order valence-corrected chi connectivity index (χ4v) is 6.37. The van der Waals surface area contributed by atoms with Gasteiger partial charge in [-0.25, -0.2) is 0 Å². The summed E-state index contributed by atoms with van der Waals surface area (Å²) in [4.78, 5) is 23.0. The van der Waals surface area contributed by atoms with E-state index in [1.807, 2.05) is 24.3 Å². The maximum atomic E-state index is 12.6. The van der Waals surface area contributed by atoms with Crippen LogP contribution in [-0.2, 0) is 22.5 Å². The van der Waals surface area contributed by atoms with Crippen molar-refractivity contribution in [2.75, 3.05) is 23.3 Å². The Kier molecular flexibility index (Phi) is 18.4. The normalized spacial score (nSPS) is 12.1. The average Bonchev–Trinajstić information content (AvgIpc) is 3.64. The Balaban J connectivity index is 0.000000337. The van der Waals surface area contributed by atoms with Gasteiger partial charge in [-0.1, -0.05) is 63.7 Å². The topological polar surface area (TPSA) is 137 Å². The van der Waals surface area contributed by atoms with Gasteiger partial charge in [-0.3, -0.25) is 14.9 Å². The molecule has 46 heavy (non-hydrogen) atoms. The number of nitrogens with one attached hydrogen (secondary N) is 1. The first kappa shape index (κ1) is 42.2. The Morgan fingerprint density at radius 1 is 0.935 bits per heavy atom. The molecule has 2 N–H and O–H groups in total. The van der Waals surface area contributed by atoms with Gasteiger partial charge in [-0.2, -0.15) is 4.39 Å². The number of hydrogen-bond acceptors (Lipinski definition) is 9. The second-order valence-corrected chi connectivity index (χ2v) is 12.9. The summed E-state index contributed by atoms with van der Waals surface area (Å²) in [7, 11) is 0. The predicted octanol–water partition coefficient (Wildman–Crippen LogP) is 2.19. The van der Waals surface area contributed by atoms with Crippen molar-refractivity contribution in [2.24, 2.45) is 0 Å². The molecule has 0 fully saturated rings. The number of benzene rings is 4. The zero-order valence-corrected chi connectivity index (χ0v) is 37.0. The smallest absolute Gasteiger partial charge is 1.00 e. The van der Waals surface area contributed by atoms with E-state index in [0.29, 0.717) is 10.2 Å². The number of anilines is 3. The maximum Gasteiger partial charge on any atom is 1.00 e. The van der Waals surface area contributed by atoms with Gasteiger partial charge in [-0.05, 0) is 78.6 Å². The second-order valence-electron chi connectivity index (χ2n) is 9.21. The standard InChI is InChI=1S/C14H9Br2NO.C8H8BrNO.C6H3BrFNO2.CH2O3.2K.H/c15-9-1-2-12-11(6-9)17-4-3-8-5-10(16)7-13(18-12)14(8)17;9-6-3-5-1-2-10-8(5)7(11)4-6;7-4-1-2-5(8)6(3-4)9(10)11;2-1-4-3;;;/h1-2,5-7H,3-4H2;3-4,10-11H,1-2H2;1-3H;1,3H;;;/q;;;;2*+1;-1/p-1. The number of ether oxygens (including phenoxy) is 1. The SMILES string of the molecule is Brc1cc2c3c(c1)Oc1ccc(Br)cc1N3CC2.O=CO[O-].O=[N+]([O-])c1cc(Br)ccc1F.Oc1cc(Br)cc2c1NCC2.[H-].[K+].[K+]. The van der Waals surface area contributed by atoms with E-state index >= 15 is 0 Å². The van der Waals surface area contributed by atoms with Crippen molar-refractivity contribution in [1.82, 2.24) is 0 Å². The molecule has 0 spiro atoms. The molecular formula is C29H22Br4FK2N3O7. The summed E-state index contributed by atoms with van der Waals surface area (Å²) in [5.41, 5.74) is 5.30. The van der Waals surface area contributed by atoms with Gasteiger partial charge in [0.15, 0.2) is 11.5 Å². The monoisotopic (exact) mass is 937 g/mol. The number of nitro groups is 1. The van der Waals surface area contributed by atoms with Crippen LogP contribution in [0.3, 0.4) is 0 Å². The van der Waals surface area contributed by atoms with Gasteiger partial charge in [0.2, 0.25) is 5.82 Å². The molecule has 3 aliphatic rings. The van der Waals surface area contributed by atoms with Crippen molar-refractivity contribution in [3.63, 3.8) is 0 Å². The van der Waals surface area contributed by atoms with E-state index in [1.54, 1.807) is 6.07 Å². The van der Waals surface area contributed by atoms with Crippen molar-refractivity contribution < 1.29 is 138 Å². The Morgan fingerprint density at radius 2 is 1.57 bits per heavy atom. The predicted molar refractivity (Wildman–Crippen MR) is 176 cm³/mol. The van der Waals surface area contributed by atoms with Crippen LogP contribution in [0.25, 0.3) is 0 Å². The number of halogens is 5. The number of carbonyl (C=O) groups excluding carboxylic acids is 1. The Bertz CT molecular complexity index is 1730. The fourth-order valence-electron chi connectivity index (χ4n) is 4.69. The van der Waals surface area contributed by atoms with E-state index in [0.717, 1.165) is 74.4 Å². The Morgan fingerprint density at radius 3 is 2.22 bits per heavy atom. The van der Waals surface area contributed by atoms with E-state index in [4.69, 9.17) is 14.8 Å². The number of phenolic OH excluding ortho intramolecular Hbond substituents is 1. The number of carbonyl (C=O) groups is 1. The average molecular weight is 941 g/mol. The van der Waals surface area contributed by atoms with E-state index in [2.05, 4.69) is 91.0 Å². The Labute approximate surface area is 383 Å². The number of nitrogens with zero attached hydrogens (tertiary/aromatic N) is 2. The molecule has 0 saturated carbocycles. The van der Waals surface area contributed by atoms with Crippen LogP contribution >= 0.6 is 63.7 Å². The molecule has 0 saturated heterocycles. The van der Waals surface area contributed by atoms with Crippen LogP contribution < -0.4 is 123 Å². The maximum absolute atomic E-state index is 12.6. The zero-order chi connectivity index (χ0) is 32.0. The largest absolute Gasteiger partial charge is 1.00 e. The number of phenols is 1. The van der Waals surface area contributed by atoms with E-state index in [-0.39, 0.29) is 111 Å². The van der Waals surface area contributed by atoms with Crippen LogP contribution in [0.1, 0.15) is 12.6 Å². The zero-order valence-electron chi connectivity index (χ0n) is 25.4. The molecule has 3 heterocycles. The van der Waals surface area contributed by atoms with Crippen molar-refractivity contribution >= 4 is 92.9 Å². The van der Waals surface area contributed by atoms with Crippen LogP contribution in [0.2, 0.25) is 0 Å². The van der Waals surface area contributed by atoms with Crippen LogP contribution in [0, 0.1) is 15.9 Å². The molecule has 0 aliphatic carbocycles. The van der Waals surface area contributed by atoms with E-state index in [1.165, 1.54) is 22.9 Å². The van der Waals surface area contributed by atoms with Crippen molar-refractivity contribution in [3.8, 4) is 17.2 Å². The van der Waals surface area contributed by atoms with Gasteiger partial charge in [0.25, 0.3) is 6.47 Å². The van der Waals surface area contributed by atoms with Crippen LogP contribution in [0.5, 0.6) is 17.2 Å². The minimum absolute atomic E-state index is 0. The molecule has 4 aromatic carbocycles. The second kappa shape index (κ2) is 20.0. The molecule has 0 bridgehead atoms. The summed E-state index contributed by atoms with van der Waals surface area (Å²) in [6, 6.07) is 17.7. The molecule has 0 amide bonds. The molecular weight excluding hydrogens is 919 g/mol. The summed E-state index contributed by atoms with van der Waals surface area (Å²) in [5.74, 6) is 1.40. The summed E-state index contributed by atoms with van der Waals surface area (Å²) in [5, 5.41) is 31.1. The fraction of sp³-hybridized carbons (Fsp3) is 0.138. The van der Waals surface area contributed by atoms with Crippen molar-refractivity contribution in [1.29, 1.82) is 0 Å². The van der Waals surface area contributed by atoms with Gasteiger partial charge >= 0.3 is 108 Å². The third kappa shape index (κ3) is 11.0. The van der Waals surface area contributed by atoms with Crippen LogP contribution in [0.15, 0.2) is 78.6 Å². The molecule has 10 nitrogen and oxygen atoms in total. The Hall–Kier alpha value is 0.0327. The van der Waals surface area contributed by atoms with Crippen molar-refractivity contribution in [2.45, 2.75) is 12.8 Å². The van der Waals surface area contributed by atoms with E-state index in [9.17, 15) is 19.6 Å². The number of aromatic hydroxyl groups is 1. The third-order valence-electron chi connectivity index (χ3n) is 6.43. The van der Waals surface area contributed by atoms with Crippen LogP contribution in [0.4, 0.5) is 27.1 Å². The number of fused-ring (bicyclic) bond motifs is 3. The summed E-state index contributed by atoms with van der Waals surface area (Å²) in [6.07, 6.45) is 2.07. The first-order chi connectivity index (χ1) is 21.0. The molecule has 0 aromatic heterocycles. The van der Waals surface area contributed by atoms with Gasteiger partial charge in [0, 0.05) is 37.0 Å². The minimum Gasteiger partial charge on any atom is -1.00 e. The number of hydrogen-bond donors (Lipinski definition) is 2. The molecule has 7 rings (SSSR count). The van der Waals surface area contributed by atoms with Crippen molar-refractivity contribution in [3.05, 3.63) is 106 Å². The summed E-state index contributed by atoms with van der Waals surface area (Å²) in [6.45, 7) is 1.77. The number of rotatable bonds is 2. The molecule has 0 unspecified atom stereocenters. The molecule has 3 aliphatic heterocycles. The van der Waals surface area contributed by atoms with Gasteiger partial charge in [-0.15, -0.1) is 0 Å². The first-order valence-electron chi connectivity index (χ1n) is 12.7. The third-order valence-corrected chi connectivity index (χ3v) is 8.33. The molecule has 17 heteroatoms. The van der Waals surface area contributed by atoms with Gasteiger partial charge < -0.3 is 31.6 Å². The van der Waals surface area contributed by atoms with E-state index < -0.39 is 16.4 Å². The number of nitro benzene ring substituents is 1. The molecule has 0 radical (unpaired) electrons. The molecule has 0 atom stereocenters.